The zero-order valence-corrected chi connectivity index (χ0v) is 11.8. The van der Waals surface area contributed by atoms with Crippen LogP contribution in [0.25, 0.3) is 0 Å². The second kappa shape index (κ2) is 5.09. The van der Waals surface area contributed by atoms with Crippen molar-refractivity contribution in [2.45, 2.75) is 26.6 Å². The molecule has 106 valence electrons. The van der Waals surface area contributed by atoms with E-state index >= 15 is 0 Å². The van der Waals surface area contributed by atoms with E-state index in [4.69, 9.17) is 21.1 Å². The second-order valence-electron chi connectivity index (χ2n) is 4.58. The zero-order valence-electron chi connectivity index (χ0n) is 11.1. The molecule has 1 aromatic heterocycles. The summed E-state index contributed by atoms with van der Waals surface area (Å²) in [6, 6.07) is 1.59. The van der Waals surface area contributed by atoms with Gasteiger partial charge in [0.1, 0.15) is 0 Å². The average molecular weight is 298 g/mol. The predicted octanol–water partition coefficient (Wildman–Crippen LogP) is 1.57. The maximum atomic E-state index is 11.7. The van der Waals surface area contributed by atoms with E-state index in [1.807, 2.05) is 0 Å². The van der Waals surface area contributed by atoms with Gasteiger partial charge in [-0.05, 0) is 18.6 Å². The van der Waals surface area contributed by atoms with E-state index in [-0.39, 0.29) is 10.7 Å². The van der Waals surface area contributed by atoms with Gasteiger partial charge in [0.15, 0.2) is 16.5 Å². The van der Waals surface area contributed by atoms with Gasteiger partial charge in [0.25, 0.3) is 5.79 Å². The van der Waals surface area contributed by atoms with Crippen molar-refractivity contribution in [1.29, 1.82) is 0 Å². The minimum absolute atomic E-state index is 0.249. The monoisotopic (exact) mass is 297 g/mol. The highest BCUT2D eigenvalue weighted by Crippen LogP contribution is 2.23. The van der Waals surface area contributed by atoms with Crippen molar-refractivity contribution >= 4 is 29.4 Å². The lowest BCUT2D eigenvalue weighted by atomic mass is 10.2. The number of carbonyl (C=O) groups excluding carboxylic acids is 2. The van der Waals surface area contributed by atoms with Gasteiger partial charge in [0, 0.05) is 20.0 Å². The maximum absolute atomic E-state index is 11.7. The second-order valence-corrected chi connectivity index (χ2v) is 4.97. The number of ether oxygens (including phenoxy) is 2. The van der Waals surface area contributed by atoms with Crippen LogP contribution in [-0.2, 0) is 19.1 Å². The molecule has 1 aliphatic heterocycles. The highest BCUT2D eigenvalue weighted by atomic mass is 35.5. The number of esters is 2. The van der Waals surface area contributed by atoms with Gasteiger partial charge in [-0.1, -0.05) is 11.6 Å². The maximum Gasteiger partial charge on any atom is 0.350 e. The van der Waals surface area contributed by atoms with Gasteiger partial charge >= 0.3 is 11.9 Å². The SMILES string of the molecule is Cc1cc(Cl)nnc1NC=C1C(=O)OC(C)(C)OC1=O. The molecule has 0 aliphatic carbocycles. The molecule has 7 nitrogen and oxygen atoms in total. The Labute approximate surface area is 119 Å². The Morgan fingerprint density at radius 1 is 1.25 bits per heavy atom. The van der Waals surface area contributed by atoms with Gasteiger partial charge in [-0.2, -0.15) is 0 Å². The Morgan fingerprint density at radius 2 is 1.85 bits per heavy atom. The Bertz CT molecular complexity index is 591. The number of aromatic nitrogens is 2. The van der Waals surface area contributed by atoms with Crippen molar-refractivity contribution in [3.05, 3.63) is 28.6 Å². The van der Waals surface area contributed by atoms with E-state index < -0.39 is 17.7 Å². The summed E-state index contributed by atoms with van der Waals surface area (Å²) in [5, 5.41) is 10.4. The number of nitrogens with one attached hydrogen (secondary N) is 1. The number of carbonyl (C=O) groups is 2. The lowest BCUT2D eigenvalue weighted by Gasteiger charge is -2.29. The Hall–Kier alpha value is -2.15. The molecule has 2 rings (SSSR count). The predicted molar refractivity (Wildman–Crippen MR) is 69.7 cm³/mol. The molecular formula is C12H12ClN3O4. The molecule has 0 radical (unpaired) electrons. The van der Waals surface area contributed by atoms with Crippen LogP contribution < -0.4 is 5.32 Å². The summed E-state index contributed by atoms with van der Waals surface area (Å²) in [4.78, 5) is 23.4. The van der Waals surface area contributed by atoms with Crippen LogP contribution in [0.2, 0.25) is 5.15 Å². The number of nitrogens with zero attached hydrogens (tertiary/aromatic N) is 2. The average Bonchev–Trinajstić information content (AvgIpc) is 2.28. The van der Waals surface area contributed by atoms with Crippen molar-refractivity contribution in [2.75, 3.05) is 5.32 Å². The van der Waals surface area contributed by atoms with Crippen LogP contribution in [0.1, 0.15) is 19.4 Å². The summed E-state index contributed by atoms with van der Waals surface area (Å²) in [6.45, 7) is 4.70. The van der Waals surface area contributed by atoms with E-state index in [1.54, 1.807) is 13.0 Å². The molecule has 8 heteroatoms. The van der Waals surface area contributed by atoms with Crippen LogP contribution in [0.3, 0.4) is 0 Å². The fourth-order valence-corrected chi connectivity index (χ4v) is 1.72. The molecule has 1 aromatic rings. The van der Waals surface area contributed by atoms with Crippen molar-refractivity contribution in [2.24, 2.45) is 0 Å². The molecule has 2 heterocycles. The summed E-state index contributed by atoms with van der Waals surface area (Å²) in [5.74, 6) is -2.43. The molecule has 20 heavy (non-hydrogen) atoms. The summed E-state index contributed by atoms with van der Waals surface area (Å²) in [6.07, 6.45) is 1.17. The van der Waals surface area contributed by atoms with Crippen LogP contribution in [0.5, 0.6) is 0 Å². The first kappa shape index (κ1) is 14.3. The fraction of sp³-hybridized carbons (Fsp3) is 0.333. The summed E-state index contributed by atoms with van der Waals surface area (Å²) >= 11 is 5.68. The topological polar surface area (TPSA) is 90.4 Å². The molecule has 1 saturated heterocycles. The summed E-state index contributed by atoms with van der Waals surface area (Å²) in [5.41, 5.74) is 0.459. The number of anilines is 1. The van der Waals surface area contributed by atoms with Gasteiger partial charge in [-0.25, -0.2) is 9.59 Å². The van der Waals surface area contributed by atoms with E-state index in [9.17, 15) is 9.59 Å². The Balaban J connectivity index is 2.19. The lowest BCUT2D eigenvalue weighted by Crippen LogP contribution is -2.42. The van der Waals surface area contributed by atoms with Gasteiger partial charge in [0.05, 0.1) is 0 Å². The zero-order chi connectivity index (χ0) is 14.9. The quantitative estimate of drug-likeness (QED) is 0.503. The van der Waals surface area contributed by atoms with Crippen LogP contribution in [-0.4, -0.2) is 27.9 Å². The molecule has 1 fully saturated rings. The number of halogens is 1. The van der Waals surface area contributed by atoms with Crippen molar-refractivity contribution in [3.63, 3.8) is 0 Å². The molecule has 0 amide bonds. The first-order valence-electron chi connectivity index (χ1n) is 5.72. The third-order valence-electron chi connectivity index (χ3n) is 2.42. The molecule has 0 bridgehead atoms. The lowest BCUT2D eigenvalue weighted by molar-refractivity contribution is -0.222. The summed E-state index contributed by atoms with van der Waals surface area (Å²) in [7, 11) is 0. The third kappa shape index (κ3) is 3.05. The number of rotatable bonds is 2. The van der Waals surface area contributed by atoms with Crippen molar-refractivity contribution in [1.82, 2.24) is 10.2 Å². The standard InChI is InChI=1S/C12H12ClN3O4/c1-6-4-8(13)15-16-9(6)14-5-7-10(17)19-12(2,3)20-11(7)18/h4-5H,1-3H3,(H,14,16). The van der Waals surface area contributed by atoms with E-state index in [1.165, 1.54) is 20.0 Å². The normalized spacial score (nSPS) is 17.3. The van der Waals surface area contributed by atoms with E-state index in [0.29, 0.717) is 11.4 Å². The highest BCUT2D eigenvalue weighted by Gasteiger charge is 2.38. The molecule has 0 aromatic carbocycles. The number of cyclic esters (lactones) is 2. The van der Waals surface area contributed by atoms with Crippen molar-refractivity contribution < 1.29 is 19.1 Å². The van der Waals surface area contributed by atoms with Gasteiger partial charge < -0.3 is 14.8 Å². The number of hydrogen-bond donors (Lipinski definition) is 1. The van der Waals surface area contributed by atoms with E-state index in [0.717, 1.165) is 0 Å². The number of aryl methyl sites for hydroxylation is 1. The van der Waals surface area contributed by atoms with E-state index in [2.05, 4.69) is 15.5 Å². The van der Waals surface area contributed by atoms with Crippen LogP contribution in [0.4, 0.5) is 5.82 Å². The Morgan fingerprint density at radius 3 is 2.40 bits per heavy atom. The molecule has 1 N–H and O–H groups in total. The molecule has 1 aliphatic rings. The van der Waals surface area contributed by atoms with Crippen LogP contribution >= 0.6 is 11.6 Å². The molecule has 0 unspecified atom stereocenters. The highest BCUT2D eigenvalue weighted by molar-refractivity contribution is 6.29. The minimum atomic E-state index is -1.26. The van der Waals surface area contributed by atoms with Crippen molar-refractivity contribution in [3.8, 4) is 0 Å². The van der Waals surface area contributed by atoms with Crippen LogP contribution in [0.15, 0.2) is 17.8 Å². The first-order chi connectivity index (χ1) is 9.28. The number of hydrogen-bond acceptors (Lipinski definition) is 7. The molecule has 0 spiro atoms. The van der Waals surface area contributed by atoms with Gasteiger partial charge in [-0.15, -0.1) is 10.2 Å². The first-order valence-corrected chi connectivity index (χ1v) is 6.09. The van der Waals surface area contributed by atoms with Gasteiger partial charge in [0.2, 0.25) is 0 Å². The molecular weight excluding hydrogens is 286 g/mol. The smallest absolute Gasteiger partial charge is 0.350 e. The van der Waals surface area contributed by atoms with Crippen LogP contribution in [0, 0.1) is 6.92 Å². The van der Waals surface area contributed by atoms with Gasteiger partial charge in [-0.3, -0.25) is 0 Å². The molecule has 0 atom stereocenters. The third-order valence-corrected chi connectivity index (χ3v) is 2.61. The Kier molecular flexibility index (Phi) is 3.63. The molecule has 0 saturated carbocycles. The summed E-state index contributed by atoms with van der Waals surface area (Å²) < 4.78 is 9.89. The largest absolute Gasteiger partial charge is 0.419 e. The minimum Gasteiger partial charge on any atom is -0.419 e. The fourth-order valence-electron chi connectivity index (χ4n) is 1.51.